The van der Waals surface area contributed by atoms with E-state index >= 15 is 0 Å². The molecule has 0 bridgehead atoms. The van der Waals surface area contributed by atoms with E-state index in [2.05, 4.69) is 20.9 Å². The first-order valence-corrected chi connectivity index (χ1v) is 14.0. The zero-order valence-corrected chi connectivity index (χ0v) is 24.6. The van der Waals surface area contributed by atoms with Crippen molar-refractivity contribution in [3.8, 4) is 16.9 Å². The van der Waals surface area contributed by atoms with Crippen LogP contribution in [0, 0.1) is 6.92 Å². The number of carboxylic acid groups (broad SMARTS) is 1. The van der Waals surface area contributed by atoms with Gasteiger partial charge in [-0.25, -0.2) is 0 Å². The number of aliphatic imine (C=N–C) groups is 1. The van der Waals surface area contributed by atoms with Gasteiger partial charge < -0.3 is 41.9 Å². The number of benzene rings is 2. The Hall–Kier alpha value is -5.46. The summed E-state index contributed by atoms with van der Waals surface area (Å²) in [6.45, 7) is 3.23. The van der Waals surface area contributed by atoms with Crippen molar-refractivity contribution >= 4 is 41.6 Å². The average molecular weight is 604 g/mol. The van der Waals surface area contributed by atoms with Crippen LogP contribution in [0.2, 0.25) is 0 Å². The Kier molecular flexibility index (Phi) is 11.8. The molecule has 13 nitrogen and oxygen atoms in total. The van der Waals surface area contributed by atoms with E-state index in [4.69, 9.17) is 16.6 Å². The summed E-state index contributed by atoms with van der Waals surface area (Å²) in [5, 5.41) is 17.2. The summed E-state index contributed by atoms with van der Waals surface area (Å²) in [5.74, 6) is -2.90. The third-order valence-electron chi connectivity index (χ3n) is 6.73. The lowest BCUT2D eigenvalue weighted by atomic mass is 10.1. The van der Waals surface area contributed by atoms with E-state index in [0.717, 1.165) is 0 Å². The summed E-state index contributed by atoms with van der Waals surface area (Å²) in [7, 11) is 0. The number of carboxylic acids is 1. The Morgan fingerprint density at radius 2 is 1.61 bits per heavy atom. The monoisotopic (exact) mass is 603 g/mol. The van der Waals surface area contributed by atoms with Crippen LogP contribution in [0.4, 0.5) is 5.69 Å². The van der Waals surface area contributed by atoms with Crippen LogP contribution in [0.5, 0.6) is 0 Å². The molecule has 0 radical (unpaired) electrons. The van der Waals surface area contributed by atoms with Gasteiger partial charge in [0.2, 0.25) is 11.8 Å². The second kappa shape index (κ2) is 15.7. The SMILES string of the molecule is CC(=O)NC(CCCN=C(N)N)C(=O)Nc1c(C(=O)NC(C=O)CCC(=O)O)c(C)n(-c2ccccc2)c1-c1ccccc1. The fourth-order valence-electron chi connectivity index (χ4n) is 4.78. The molecular formula is C31H37N7O6. The molecule has 3 rings (SSSR count). The number of aliphatic carboxylic acids is 1. The number of para-hydroxylation sites is 1. The van der Waals surface area contributed by atoms with Crippen LogP contribution in [0.25, 0.3) is 16.9 Å². The Morgan fingerprint density at radius 3 is 2.18 bits per heavy atom. The Labute approximate surface area is 254 Å². The zero-order valence-electron chi connectivity index (χ0n) is 24.6. The molecule has 1 heterocycles. The quantitative estimate of drug-likeness (QED) is 0.0654. The molecule has 0 aliphatic carbocycles. The molecule has 1 aromatic heterocycles. The van der Waals surface area contributed by atoms with Crippen LogP contribution in [0.3, 0.4) is 0 Å². The number of aldehydes is 1. The van der Waals surface area contributed by atoms with Crippen molar-refractivity contribution in [1.29, 1.82) is 0 Å². The summed E-state index contributed by atoms with van der Waals surface area (Å²) in [6, 6.07) is 16.3. The molecule has 0 aliphatic rings. The van der Waals surface area contributed by atoms with E-state index in [1.807, 2.05) is 65.2 Å². The fraction of sp³-hybridized carbons (Fsp3) is 0.290. The standard InChI is InChI=1S/C31H37N7O6/c1-19-26(30(44)36-22(18-39)15-16-25(41)42)27(37-29(43)24(35-20(2)40)14-9-17-34-31(32)33)28(21-10-5-3-6-11-21)38(19)23-12-7-4-8-13-23/h3-8,10-13,18,22,24H,9,14-17H2,1-2H3,(H,35,40)(H,36,44)(H,37,43)(H,41,42)(H4,32,33,34). The van der Waals surface area contributed by atoms with Crippen molar-refractivity contribution in [3.05, 3.63) is 71.9 Å². The largest absolute Gasteiger partial charge is 0.481 e. The number of carbonyl (C=O) groups is 5. The number of carbonyl (C=O) groups excluding carboxylic acids is 4. The molecule has 0 aliphatic heterocycles. The maximum atomic E-state index is 13.8. The van der Waals surface area contributed by atoms with Gasteiger partial charge in [0, 0.05) is 36.8 Å². The van der Waals surface area contributed by atoms with Crippen LogP contribution in [0.15, 0.2) is 65.7 Å². The minimum absolute atomic E-state index is 0.0744. The fourth-order valence-corrected chi connectivity index (χ4v) is 4.78. The van der Waals surface area contributed by atoms with Crippen molar-refractivity contribution in [3.63, 3.8) is 0 Å². The van der Waals surface area contributed by atoms with Gasteiger partial charge in [-0.15, -0.1) is 0 Å². The number of hydrogen-bond donors (Lipinski definition) is 6. The molecule has 232 valence electrons. The summed E-state index contributed by atoms with van der Waals surface area (Å²) < 4.78 is 1.82. The maximum Gasteiger partial charge on any atom is 0.303 e. The van der Waals surface area contributed by atoms with E-state index in [1.54, 1.807) is 6.92 Å². The third kappa shape index (κ3) is 8.77. The van der Waals surface area contributed by atoms with Gasteiger partial charge in [-0.05, 0) is 38.3 Å². The van der Waals surface area contributed by atoms with Gasteiger partial charge >= 0.3 is 5.97 Å². The normalized spacial score (nSPS) is 12.0. The predicted octanol–water partition coefficient (Wildman–Crippen LogP) is 2.11. The number of amides is 3. The molecule has 0 saturated carbocycles. The van der Waals surface area contributed by atoms with E-state index < -0.39 is 35.8 Å². The molecule has 3 aromatic rings. The lowest BCUT2D eigenvalue weighted by Crippen LogP contribution is -2.43. The van der Waals surface area contributed by atoms with Gasteiger partial charge in [-0.2, -0.15) is 0 Å². The number of aromatic nitrogens is 1. The molecule has 2 aromatic carbocycles. The van der Waals surface area contributed by atoms with Gasteiger partial charge in [0.1, 0.15) is 12.3 Å². The zero-order chi connectivity index (χ0) is 32.2. The Balaban J connectivity index is 2.17. The average Bonchev–Trinajstić information content (AvgIpc) is 3.28. The molecular weight excluding hydrogens is 566 g/mol. The minimum atomic E-state index is -1.11. The lowest BCUT2D eigenvalue weighted by Gasteiger charge is -2.19. The predicted molar refractivity (Wildman–Crippen MR) is 166 cm³/mol. The van der Waals surface area contributed by atoms with E-state index in [9.17, 15) is 24.0 Å². The van der Waals surface area contributed by atoms with Gasteiger partial charge in [-0.3, -0.25) is 24.2 Å². The molecule has 0 saturated heterocycles. The van der Waals surface area contributed by atoms with E-state index in [0.29, 0.717) is 35.3 Å². The molecule has 2 unspecified atom stereocenters. The molecule has 2 atom stereocenters. The number of rotatable bonds is 15. The Bertz CT molecular complexity index is 1520. The minimum Gasteiger partial charge on any atom is -0.481 e. The first-order valence-electron chi connectivity index (χ1n) is 14.0. The molecule has 3 amide bonds. The maximum absolute atomic E-state index is 13.8. The summed E-state index contributed by atoms with van der Waals surface area (Å²) in [6.07, 6.45) is 0.612. The number of guanidine groups is 1. The number of nitrogens with zero attached hydrogens (tertiary/aromatic N) is 2. The molecule has 44 heavy (non-hydrogen) atoms. The first-order chi connectivity index (χ1) is 21.0. The van der Waals surface area contributed by atoms with Crippen LogP contribution in [0.1, 0.15) is 48.7 Å². The second-order valence-electron chi connectivity index (χ2n) is 10.1. The number of hydrogen-bond acceptors (Lipinski definition) is 6. The lowest BCUT2D eigenvalue weighted by molar-refractivity contribution is -0.137. The van der Waals surface area contributed by atoms with Gasteiger partial charge in [0.05, 0.1) is 23.0 Å². The highest BCUT2D eigenvalue weighted by atomic mass is 16.4. The van der Waals surface area contributed by atoms with Gasteiger partial charge in [0.15, 0.2) is 5.96 Å². The van der Waals surface area contributed by atoms with Crippen LogP contribution in [-0.2, 0) is 19.2 Å². The van der Waals surface area contributed by atoms with Crippen LogP contribution < -0.4 is 27.4 Å². The molecule has 8 N–H and O–H groups in total. The van der Waals surface area contributed by atoms with E-state index in [-0.39, 0.29) is 43.0 Å². The van der Waals surface area contributed by atoms with Crippen molar-refractivity contribution < 1.29 is 29.1 Å². The Morgan fingerprint density at radius 1 is 0.977 bits per heavy atom. The number of nitrogens with one attached hydrogen (secondary N) is 3. The summed E-state index contributed by atoms with van der Waals surface area (Å²) in [5.41, 5.74) is 13.3. The number of nitrogens with two attached hydrogens (primary N) is 2. The highest BCUT2D eigenvalue weighted by Gasteiger charge is 2.31. The smallest absolute Gasteiger partial charge is 0.303 e. The van der Waals surface area contributed by atoms with Gasteiger partial charge in [-0.1, -0.05) is 48.5 Å². The van der Waals surface area contributed by atoms with Crippen LogP contribution >= 0.6 is 0 Å². The van der Waals surface area contributed by atoms with Crippen LogP contribution in [-0.4, -0.2) is 64.2 Å². The number of anilines is 1. The topological polar surface area (TPSA) is 211 Å². The van der Waals surface area contributed by atoms with Crippen molar-refractivity contribution in [1.82, 2.24) is 15.2 Å². The van der Waals surface area contributed by atoms with Crippen molar-refractivity contribution in [2.45, 2.75) is 51.6 Å². The summed E-state index contributed by atoms with van der Waals surface area (Å²) in [4.78, 5) is 66.4. The van der Waals surface area contributed by atoms with Gasteiger partial charge in [0.25, 0.3) is 5.91 Å². The summed E-state index contributed by atoms with van der Waals surface area (Å²) >= 11 is 0. The van der Waals surface area contributed by atoms with E-state index in [1.165, 1.54) is 6.92 Å². The van der Waals surface area contributed by atoms with Crippen molar-refractivity contribution in [2.24, 2.45) is 16.5 Å². The molecule has 0 spiro atoms. The third-order valence-corrected chi connectivity index (χ3v) is 6.73. The second-order valence-corrected chi connectivity index (χ2v) is 10.1. The first kappa shape index (κ1) is 33.0. The highest BCUT2D eigenvalue weighted by Crippen LogP contribution is 2.39. The highest BCUT2D eigenvalue weighted by molar-refractivity contribution is 6.11. The molecule has 0 fully saturated rings. The molecule has 13 heteroatoms. The van der Waals surface area contributed by atoms with Crippen molar-refractivity contribution in [2.75, 3.05) is 11.9 Å².